The van der Waals surface area contributed by atoms with Crippen LogP contribution in [-0.4, -0.2) is 114 Å². The molecule has 0 aliphatic rings. The fourth-order valence-corrected chi connectivity index (χ4v) is 5.73. The first-order valence-corrected chi connectivity index (χ1v) is 22.1. The lowest BCUT2D eigenvalue weighted by molar-refractivity contribution is -0.138. The number of thiol groups is 4. The van der Waals surface area contributed by atoms with E-state index in [4.69, 9.17) is 51.1 Å². The highest BCUT2D eigenvalue weighted by atomic mass is 32.1. The third kappa shape index (κ3) is 36.3. The summed E-state index contributed by atoms with van der Waals surface area (Å²) < 4.78 is 0. The highest BCUT2D eigenvalue weighted by molar-refractivity contribution is 7.81. The van der Waals surface area contributed by atoms with Gasteiger partial charge in [0.2, 0.25) is 0 Å². The van der Waals surface area contributed by atoms with E-state index in [1.807, 2.05) is 121 Å². The van der Waals surface area contributed by atoms with Crippen molar-refractivity contribution < 1.29 is 70.2 Å². The molecule has 4 rings (SSSR count). The number of aliphatic hydroxyl groups excluding tert-OH is 6. The molecular formula is C46H64O14S4. The van der Waals surface area contributed by atoms with Crippen LogP contribution in [0.25, 0.3) is 0 Å². The molecule has 0 amide bonds. The lowest BCUT2D eigenvalue weighted by atomic mass is 10.1. The second kappa shape index (κ2) is 40.4. The molecule has 10 N–H and O–H groups in total. The quantitative estimate of drug-likeness (QED) is 0.0409. The van der Waals surface area contributed by atoms with E-state index in [1.54, 1.807) is 0 Å². The smallest absolute Gasteiger partial charge is 0.303 e. The molecule has 356 valence electrons. The normalized spacial score (nSPS) is 11.9. The van der Waals surface area contributed by atoms with Gasteiger partial charge in [-0.05, 0) is 47.9 Å². The first-order chi connectivity index (χ1) is 30.4. The molecule has 4 atom stereocenters. The Kier molecular flexibility index (Phi) is 39.2. The number of aliphatic carboxylic acids is 4. The van der Waals surface area contributed by atoms with Gasteiger partial charge in [0.1, 0.15) is 12.2 Å². The number of aliphatic hydroxyl groups is 6. The van der Waals surface area contributed by atoms with Crippen LogP contribution in [0.3, 0.4) is 0 Å². The zero-order chi connectivity index (χ0) is 48.7. The van der Waals surface area contributed by atoms with Crippen LogP contribution in [0.4, 0.5) is 0 Å². The summed E-state index contributed by atoms with van der Waals surface area (Å²) in [5, 5.41) is 82.0. The highest BCUT2D eigenvalue weighted by Gasteiger charge is 2.10. The van der Waals surface area contributed by atoms with Crippen molar-refractivity contribution in [2.75, 3.05) is 26.4 Å². The number of carbonyl (C=O) groups is 4. The molecule has 64 heavy (non-hydrogen) atoms. The molecule has 0 aliphatic heterocycles. The molecule has 0 saturated carbocycles. The van der Waals surface area contributed by atoms with Gasteiger partial charge in [0.15, 0.2) is 0 Å². The predicted molar refractivity (Wildman–Crippen MR) is 261 cm³/mol. The first kappa shape index (κ1) is 62.0. The van der Waals surface area contributed by atoms with Crippen LogP contribution in [0.2, 0.25) is 0 Å². The topological polar surface area (TPSA) is 271 Å². The molecule has 0 heterocycles. The van der Waals surface area contributed by atoms with E-state index in [2.05, 4.69) is 50.5 Å². The second-order valence-corrected chi connectivity index (χ2v) is 16.0. The second-order valence-electron chi connectivity index (χ2n) is 13.5. The molecule has 0 fully saturated rings. The van der Waals surface area contributed by atoms with Crippen molar-refractivity contribution in [1.82, 2.24) is 0 Å². The van der Waals surface area contributed by atoms with Crippen molar-refractivity contribution >= 4 is 74.4 Å². The zero-order valence-electron chi connectivity index (χ0n) is 35.4. The van der Waals surface area contributed by atoms with E-state index in [1.165, 1.54) is 0 Å². The summed E-state index contributed by atoms with van der Waals surface area (Å²) in [4.78, 5) is 41.2. The van der Waals surface area contributed by atoms with Crippen LogP contribution in [-0.2, 0) is 19.2 Å². The van der Waals surface area contributed by atoms with E-state index >= 15 is 0 Å². The number of hydrogen-bond donors (Lipinski definition) is 14. The van der Waals surface area contributed by atoms with Gasteiger partial charge in [0.25, 0.3) is 0 Å². The minimum Gasteiger partial charge on any atom is -0.481 e. The van der Waals surface area contributed by atoms with Crippen LogP contribution in [0.5, 0.6) is 0 Å². The number of carboxylic acid groups (broad SMARTS) is 4. The summed E-state index contributed by atoms with van der Waals surface area (Å²) in [6.07, 6.45) is 1.06. The van der Waals surface area contributed by atoms with Crippen molar-refractivity contribution in [2.45, 2.75) is 84.6 Å². The van der Waals surface area contributed by atoms with Crippen LogP contribution in [0, 0.1) is 0 Å². The van der Waals surface area contributed by atoms with Crippen LogP contribution >= 0.6 is 50.5 Å². The summed E-state index contributed by atoms with van der Waals surface area (Å²) in [6.45, 7) is -1.46. The van der Waals surface area contributed by atoms with E-state index < -0.39 is 36.1 Å². The predicted octanol–water partition coefficient (Wildman–Crippen LogP) is 6.75. The van der Waals surface area contributed by atoms with Gasteiger partial charge in [-0.2, -0.15) is 50.5 Å². The Hall–Kier alpha value is -4.08. The van der Waals surface area contributed by atoms with Crippen molar-refractivity contribution in [2.24, 2.45) is 0 Å². The molecule has 4 aromatic rings. The monoisotopic (exact) mass is 968 g/mol. The third-order valence-electron chi connectivity index (χ3n) is 8.11. The summed E-state index contributed by atoms with van der Waals surface area (Å²) in [6, 6.07) is 38.8. The Morgan fingerprint density at radius 3 is 0.609 bits per heavy atom. The largest absolute Gasteiger partial charge is 0.481 e. The van der Waals surface area contributed by atoms with E-state index in [0.717, 1.165) is 22.3 Å². The van der Waals surface area contributed by atoms with Gasteiger partial charge >= 0.3 is 23.9 Å². The highest BCUT2D eigenvalue weighted by Crippen LogP contribution is 2.27. The molecule has 0 bridgehead atoms. The minimum atomic E-state index is -0.954. The molecule has 18 heteroatoms. The first-order valence-electron chi connectivity index (χ1n) is 20.0. The number of benzene rings is 4. The van der Waals surface area contributed by atoms with Gasteiger partial charge in [0.05, 0.1) is 26.4 Å². The van der Waals surface area contributed by atoms with Crippen molar-refractivity contribution in [3.63, 3.8) is 0 Å². The van der Waals surface area contributed by atoms with Gasteiger partial charge in [-0.1, -0.05) is 121 Å². The maximum absolute atomic E-state index is 10.3. The SMILES string of the molecule is O=C(O)CCC(S)c1ccccc1.O=C(O)CCC(S)c1ccccc1.O=C(O)CCC(S)c1ccccc1.O=C(O)CCC(S)c1ccccc1.OCC(O)CO.OCC(O)CO. The van der Waals surface area contributed by atoms with Gasteiger partial charge in [-0.3, -0.25) is 19.2 Å². The Balaban J connectivity index is 0. The molecule has 0 aliphatic carbocycles. The van der Waals surface area contributed by atoms with Gasteiger partial charge < -0.3 is 51.1 Å². The number of rotatable bonds is 20. The van der Waals surface area contributed by atoms with E-state index in [0.29, 0.717) is 25.7 Å². The fourth-order valence-electron chi connectivity index (χ4n) is 4.52. The molecular weight excluding hydrogens is 905 g/mol. The molecule has 4 aromatic carbocycles. The Morgan fingerprint density at radius 2 is 0.500 bits per heavy atom. The van der Waals surface area contributed by atoms with Crippen LogP contribution < -0.4 is 0 Å². The number of hydrogen-bond acceptors (Lipinski definition) is 14. The van der Waals surface area contributed by atoms with Gasteiger partial charge in [-0.25, -0.2) is 0 Å². The summed E-state index contributed by atoms with van der Waals surface area (Å²) in [7, 11) is 0. The van der Waals surface area contributed by atoms with Crippen molar-refractivity contribution in [3.8, 4) is 0 Å². The standard InChI is InChI=1S/4C10H12O2S.2C3H8O3/c4*11-10(12)7-6-9(13)8-4-2-1-3-5-8;2*4-1-3(6)2-5/h4*1-5,9,13H,6-7H2,(H,11,12);2*3-6H,1-2H2. The molecule has 14 nitrogen and oxygen atoms in total. The lowest BCUT2D eigenvalue weighted by Gasteiger charge is -2.08. The summed E-state index contributed by atoms with van der Waals surface area (Å²) in [5.41, 5.74) is 4.30. The zero-order valence-corrected chi connectivity index (χ0v) is 39.0. The fraction of sp³-hybridized carbons (Fsp3) is 0.391. The van der Waals surface area contributed by atoms with Crippen LogP contribution in [0.1, 0.15) is 94.6 Å². The average molecular weight is 969 g/mol. The molecule has 0 aromatic heterocycles. The van der Waals surface area contributed by atoms with Crippen LogP contribution in [0.15, 0.2) is 121 Å². The van der Waals surface area contributed by atoms with Gasteiger partial charge in [-0.15, -0.1) is 0 Å². The lowest BCUT2D eigenvalue weighted by Crippen LogP contribution is -2.15. The average Bonchev–Trinajstić information content (AvgIpc) is 3.32. The Labute approximate surface area is 397 Å². The summed E-state index contributed by atoms with van der Waals surface area (Å²) in [5.74, 6) is -3.07. The Morgan fingerprint density at radius 1 is 0.344 bits per heavy atom. The maximum atomic E-state index is 10.3. The van der Waals surface area contributed by atoms with Crippen molar-refractivity contribution in [3.05, 3.63) is 144 Å². The van der Waals surface area contributed by atoms with Gasteiger partial charge in [0, 0.05) is 46.7 Å². The molecule has 4 unspecified atom stereocenters. The molecule has 0 radical (unpaired) electrons. The maximum Gasteiger partial charge on any atom is 0.303 e. The minimum absolute atomic E-state index is 0.0253. The third-order valence-corrected chi connectivity index (χ3v) is 10.3. The number of carboxylic acids is 4. The Bertz CT molecular complexity index is 1490. The van der Waals surface area contributed by atoms with E-state index in [9.17, 15) is 19.2 Å². The molecule has 0 saturated heterocycles. The van der Waals surface area contributed by atoms with Crippen molar-refractivity contribution in [1.29, 1.82) is 0 Å². The molecule has 0 spiro atoms. The van der Waals surface area contributed by atoms with E-state index in [-0.39, 0.29) is 73.1 Å². The summed E-state index contributed by atoms with van der Waals surface area (Å²) >= 11 is 17.3.